The summed E-state index contributed by atoms with van der Waals surface area (Å²) >= 11 is 0. The Hall–Kier alpha value is -2.61. The van der Waals surface area contributed by atoms with Crippen molar-refractivity contribution in [3.63, 3.8) is 0 Å². The van der Waals surface area contributed by atoms with E-state index in [9.17, 15) is 19.5 Å². The number of aryl methyl sites for hydroxylation is 1. The fourth-order valence-corrected chi connectivity index (χ4v) is 4.26. The molecular weight excluding hydrogens is 482 g/mol. The number of unbranched alkanes of at least 4 members (excludes halogenated alkanes) is 7. The number of alkyl carbamates (subject to hydrolysis) is 1. The first-order valence-electron chi connectivity index (χ1n) is 14.3. The van der Waals surface area contributed by atoms with Gasteiger partial charge in [-0.05, 0) is 46.1 Å². The third kappa shape index (κ3) is 12.8. The highest BCUT2D eigenvalue weighted by molar-refractivity contribution is 5.92. The first kappa shape index (κ1) is 33.4. The summed E-state index contributed by atoms with van der Waals surface area (Å²) in [7, 11) is 0. The standard InChI is InChI=1S/C30H51N3O5/c1-7-9-11-12-13-15-20-33(28(36)25(22-34)32-29(37)38-30(4,5)6)26(24-18-16-17-23(3)21-24)27(35)31-19-14-10-8-2/h16-18,21,25-26,34H,7-15,19-20,22H2,1-6H3,(H,31,35)(H,32,37). The molecule has 8 heteroatoms. The molecule has 38 heavy (non-hydrogen) atoms. The van der Waals surface area contributed by atoms with Crippen LogP contribution in [0.25, 0.3) is 0 Å². The van der Waals surface area contributed by atoms with Gasteiger partial charge in [0.2, 0.25) is 11.8 Å². The van der Waals surface area contributed by atoms with Crippen LogP contribution in [0.4, 0.5) is 4.79 Å². The highest BCUT2D eigenvalue weighted by Gasteiger charge is 2.35. The van der Waals surface area contributed by atoms with Crippen molar-refractivity contribution >= 4 is 17.9 Å². The van der Waals surface area contributed by atoms with E-state index in [4.69, 9.17) is 4.74 Å². The number of amides is 3. The predicted molar refractivity (Wildman–Crippen MR) is 152 cm³/mol. The largest absolute Gasteiger partial charge is 0.444 e. The molecule has 0 aliphatic carbocycles. The topological polar surface area (TPSA) is 108 Å². The van der Waals surface area contributed by atoms with Crippen LogP contribution in [-0.2, 0) is 14.3 Å². The number of hydrogen-bond acceptors (Lipinski definition) is 5. The van der Waals surface area contributed by atoms with E-state index in [1.165, 1.54) is 11.3 Å². The Bertz CT molecular complexity index is 853. The SMILES string of the molecule is CCCCCCCCN(C(=O)C(CO)NC(=O)OC(C)(C)C)C(C(=O)NCCCCC)c1cccc(C)c1. The fraction of sp³-hybridized carbons (Fsp3) is 0.700. The van der Waals surface area contributed by atoms with Crippen LogP contribution >= 0.6 is 0 Å². The van der Waals surface area contributed by atoms with Crippen LogP contribution in [-0.4, -0.2) is 59.3 Å². The molecule has 0 radical (unpaired) electrons. The lowest BCUT2D eigenvalue weighted by molar-refractivity contribution is -0.143. The van der Waals surface area contributed by atoms with Gasteiger partial charge in [0.15, 0.2) is 0 Å². The van der Waals surface area contributed by atoms with Crippen LogP contribution in [0, 0.1) is 6.92 Å². The number of benzene rings is 1. The van der Waals surface area contributed by atoms with E-state index in [1.54, 1.807) is 20.8 Å². The molecule has 1 aromatic carbocycles. The second kappa shape index (κ2) is 17.8. The third-order valence-electron chi connectivity index (χ3n) is 6.20. The molecule has 0 fully saturated rings. The van der Waals surface area contributed by atoms with E-state index in [1.807, 2.05) is 31.2 Å². The molecule has 0 heterocycles. The number of carbonyl (C=O) groups excluding carboxylic acids is 3. The van der Waals surface area contributed by atoms with Crippen molar-refractivity contribution in [2.45, 2.75) is 117 Å². The van der Waals surface area contributed by atoms with Gasteiger partial charge in [0.1, 0.15) is 17.7 Å². The van der Waals surface area contributed by atoms with Crippen molar-refractivity contribution in [3.8, 4) is 0 Å². The van der Waals surface area contributed by atoms with Crippen molar-refractivity contribution in [1.29, 1.82) is 0 Å². The van der Waals surface area contributed by atoms with Gasteiger partial charge in [0.25, 0.3) is 0 Å². The Morgan fingerprint density at radius 1 is 0.974 bits per heavy atom. The van der Waals surface area contributed by atoms with Crippen molar-refractivity contribution in [1.82, 2.24) is 15.5 Å². The molecule has 8 nitrogen and oxygen atoms in total. The van der Waals surface area contributed by atoms with Gasteiger partial charge in [-0.15, -0.1) is 0 Å². The van der Waals surface area contributed by atoms with Crippen LogP contribution in [0.5, 0.6) is 0 Å². The Kier molecular flexibility index (Phi) is 15.7. The minimum absolute atomic E-state index is 0.264. The molecule has 0 saturated heterocycles. The molecule has 3 N–H and O–H groups in total. The van der Waals surface area contributed by atoms with E-state index in [-0.39, 0.29) is 5.91 Å². The zero-order chi connectivity index (χ0) is 28.6. The molecule has 2 unspecified atom stereocenters. The van der Waals surface area contributed by atoms with Gasteiger partial charge in [0.05, 0.1) is 6.61 Å². The molecule has 0 spiro atoms. The number of aliphatic hydroxyl groups excluding tert-OH is 1. The highest BCUT2D eigenvalue weighted by atomic mass is 16.6. The maximum Gasteiger partial charge on any atom is 0.408 e. The summed E-state index contributed by atoms with van der Waals surface area (Å²) in [5, 5.41) is 15.6. The van der Waals surface area contributed by atoms with Gasteiger partial charge < -0.3 is 25.4 Å². The van der Waals surface area contributed by atoms with Crippen molar-refractivity contribution in [2.75, 3.05) is 19.7 Å². The highest BCUT2D eigenvalue weighted by Crippen LogP contribution is 2.25. The van der Waals surface area contributed by atoms with E-state index in [0.717, 1.165) is 50.5 Å². The zero-order valence-corrected chi connectivity index (χ0v) is 24.5. The average Bonchev–Trinajstić information content (AvgIpc) is 2.85. The summed E-state index contributed by atoms with van der Waals surface area (Å²) < 4.78 is 5.31. The summed E-state index contributed by atoms with van der Waals surface area (Å²) in [6.07, 6.45) is 8.23. The summed E-state index contributed by atoms with van der Waals surface area (Å²) in [6.45, 7) is 11.6. The second-order valence-corrected chi connectivity index (χ2v) is 11.0. The number of hydrogen-bond donors (Lipinski definition) is 3. The Labute approximate surface area is 229 Å². The normalized spacial score (nSPS) is 12.9. The Balaban J connectivity index is 3.28. The monoisotopic (exact) mass is 533 g/mol. The summed E-state index contributed by atoms with van der Waals surface area (Å²) in [4.78, 5) is 41.4. The first-order valence-corrected chi connectivity index (χ1v) is 14.3. The fourth-order valence-electron chi connectivity index (χ4n) is 4.26. The number of rotatable bonds is 17. The summed E-state index contributed by atoms with van der Waals surface area (Å²) in [5.41, 5.74) is 0.920. The van der Waals surface area contributed by atoms with E-state index in [0.29, 0.717) is 25.1 Å². The van der Waals surface area contributed by atoms with Crippen LogP contribution in [0.3, 0.4) is 0 Å². The number of nitrogens with one attached hydrogen (secondary N) is 2. The Morgan fingerprint density at radius 2 is 1.61 bits per heavy atom. The smallest absolute Gasteiger partial charge is 0.408 e. The molecule has 0 aliphatic rings. The number of aliphatic hydroxyl groups is 1. The number of ether oxygens (including phenoxy) is 1. The van der Waals surface area contributed by atoms with Gasteiger partial charge in [-0.2, -0.15) is 0 Å². The van der Waals surface area contributed by atoms with Gasteiger partial charge in [0, 0.05) is 13.1 Å². The molecule has 216 valence electrons. The van der Waals surface area contributed by atoms with E-state index >= 15 is 0 Å². The predicted octanol–water partition coefficient (Wildman–Crippen LogP) is 5.42. The van der Waals surface area contributed by atoms with Crippen molar-refractivity contribution in [3.05, 3.63) is 35.4 Å². The quantitative estimate of drug-likeness (QED) is 0.232. The summed E-state index contributed by atoms with van der Waals surface area (Å²) in [6, 6.07) is 5.46. The third-order valence-corrected chi connectivity index (χ3v) is 6.20. The lowest BCUT2D eigenvalue weighted by Gasteiger charge is -2.34. The molecule has 0 aliphatic heterocycles. The minimum Gasteiger partial charge on any atom is -0.444 e. The summed E-state index contributed by atoms with van der Waals surface area (Å²) in [5.74, 6) is -0.776. The van der Waals surface area contributed by atoms with Crippen LogP contribution in [0.1, 0.15) is 110 Å². The first-order chi connectivity index (χ1) is 18.0. The van der Waals surface area contributed by atoms with Gasteiger partial charge in [-0.25, -0.2) is 4.79 Å². The number of nitrogens with zero attached hydrogens (tertiary/aromatic N) is 1. The molecule has 0 saturated carbocycles. The van der Waals surface area contributed by atoms with Crippen molar-refractivity contribution < 1.29 is 24.2 Å². The molecule has 1 aromatic rings. The van der Waals surface area contributed by atoms with E-state index in [2.05, 4.69) is 24.5 Å². The molecule has 2 atom stereocenters. The molecule has 0 aromatic heterocycles. The van der Waals surface area contributed by atoms with Gasteiger partial charge in [-0.1, -0.05) is 88.6 Å². The van der Waals surface area contributed by atoms with Crippen LogP contribution < -0.4 is 10.6 Å². The van der Waals surface area contributed by atoms with Crippen LogP contribution in [0.15, 0.2) is 24.3 Å². The van der Waals surface area contributed by atoms with Gasteiger partial charge >= 0.3 is 6.09 Å². The lowest BCUT2D eigenvalue weighted by atomic mass is 10.00. The average molecular weight is 534 g/mol. The maximum absolute atomic E-state index is 13.8. The number of carbonyl (C=O) groups is 3. The van der Waals surface area contributed by atoms with Crippen molar-refractivity contribution in [2.24, 2.45) is 0 Å². The molecular formula is C30H51N3O5. The minimum atomic E-state index is -1.23. The maximum atomic E-state index is 13.8. The van der Waals surface area contributed by atoms with Gasteiger partial charge in [-0.3, -0.25) is 9.59 Å². The molecule has 0 bridgehead atoms. The van der Waals surface area contributed by atoms with Crippen LogP contribution in [0.2, 0.25) is 0 Å². The second-order valence-electron chi connectivity index (χ2n) is 11.0. The lowest BCUT2D eigenvalue weighted by Crippen LogP contribution is -2.54. The zero-order valence-electron chi connectivity index (χ0n) is 24.5. The molecule has 1 rings (SSSR count). The Morgan fingerprint density at radius 3 is 2.21 bits per heavy atom. The molecule has 3 amide bonds. The van der Waals surface area contributed by atoms with E-state index < -0.39 is 36.3 Å².